The Morgan fingerprint density at radius 3 is 2.90 bits per heavy atom. The number of pyridine rings is 1. The summed E-state index contributed by atoms with van der Waals surface area (Å²) in [6.07, 6.45) is 2.49. The predicted molar refractivity (Wildman–Crippen MR) is 85.5 cm³/mol. The highest BCUT2D eigenvalue weighted by atomic mass is 32.2. The second-order valence-electron chi connectivity index (χ2n) is 5.42. The van der Waals surface area contributed by atoms with E-state index in [0.29, 0.717) is 12.5 Å². The normalized spacial score (nSPS) is 20.0. The molecule has 1 aliphatic rings. The van der Waals surface area contributed by atoms with E-state index in [-0.39, 0.29) is 15.6 Å². The molecule has 2 rings (SSSR count). The molecule has 0 amide bonds. The maximum absolute atomic E-state index is 12.7. The molecule has 0 bridgehead atoms. The fourth-order valence-electron chi connectivity index (χ4n) is 2.59. The Morgan fingerprint density at radius 2 is 2.33 bits per heavy atom. The molecule has 8 heteroatoms. The zero-order chi connectivity index (χ0) is 15.6. The molecule has 1 unspecified atom stereocenters. The third-order valence-corrected chi connectivity index (χ3v) is 5.74. The minimum Gasteiger partial charge on any atom is -0.388 e. The van der Waals surface area contributed by atoms with Crippen LogP contribution >= 0.6 is 12.2 Å². The summed E-state index contributed by atoms with van der Waals surface area (Å²) in [5.41, 5.74) is 5.73. The number of nitrogens with zero attached hydrogens (tertiary/aromatic N) is 3. The molecule has 1 aromatic rings. The summed E-state index contributed by atoms with van der Waals surface area (Å²) < 4.78 is 26.7. The SMILES string of the molecule is CN1CCC(CN(C)S(=O)(=O)c2cccnc2C(N)=S)C1. The summed E-state index contributed by atoms with van der Waals surface area (Å²) >= 11 is 4.89. The first kappa shape index (κ1) is 16.3. The van der Waals surface area contributed by atoms with Crippen LogP contribution in [0, 0.1) is 5.92 Å². The molecule has 2 heterocycles. The van der Waals surface area contributed by atoms with Crippen molar-refractivity contribution in [1.82, 2.24) is 14.2 Å². The third kappa shape index (κ3) is 3.57. The van der Waals surface area contributed by atoms with Crippen molar-refractivity contribution in [2.24, 2.45) is 11.7 Å². The average Bonchev–Trinajstić information content (AvgIpc) is 2.84. The Morgan fingerprint density at radius 1 is 1.62 bits per heavy atom. The number of hydrogen-bond acceptors (Lipinski definition) is 5. The monoisotopic (exact) mass is 328 g/mol. The van der Waals surface area contributed by atoms with Gasteiger partial charge in [-0.15, -0.1) is 0 Å². The highest BCUT2D eigenvalue weighted by Crippen LogP contribution is 2.21. The van der Waals surface area contributed by atoms with Crippen molar-refractivity contribution in [3.63, 3.8) is 0 Å². The van der Waals surface area contributed by atoms with Crippen LogP contribution in [0.1, 0.15) is 12.1 Å². The molecule has 1 fully saturated rings. The van der Waals surface area contributed by atoms with Crippen molar-refractivity contribution in [2.45, 2.75) is 11.3 Å². The topological polar surface area (TPSA) is 79.5 Å². The van der Waals surface area contributed by atoms with Crippen LogP contribution in [0.5, 0.6) is 0 Å². The molecule has 0 aromatic carbocycles. The maximum Gasteiger partial charge on any atom is 0.245 e. The molecule has 1 saturated heterocycles. The zero-order valence-corrected chi connectivity index (χ0v) is 13.8. The maximum atomic E-state index is 12.7. The van der Waals surface area contributed by atoms with E-state index in [1.54, 1.807) is 13.1 Å². The largest absolute Gasteiger partial charge is 0.388 e. The van der Waals surface area contributed by atoms with Crippen molar-refractivity contribution in [2.75, 3.05) is 33.7 Å². The van der Waals surface area contributed by atoms with Gasteiger partial charge in [-0.2, -0.15) is 0 Å². The highest BCUT2D eigenvalue weighted by molar-refractivity contribution is 7.89. The van der Waals surface area contributed by atoms with E-state index in [4.69, 9.17) is 18.0 Å². The average molecular weight is 328 g/mol. The standard InChI is InChI=1S/C13H20N4O2S2/c1-16-7-5-10(8-16)9-17(2)21(18,19)11-4-3-6-15-12(11)13(14)20/h3-4,6,10H,5,7-9H2,1-2H3,(H2,14,20). The second kappa shape index (κ2) is 6.35. The number of aromatic nitrogens is 1. The summed E-state index contributed by atoms with van der Waals surface area (Å²) in [5, 5.41) is 0. The summed E-state index contributed by atoms with van der Waals surface area (Å²) in [6.45, 7) is 2.40. The van der Waals surface area contributed by atoms with Gasteiger partial charge in [0.1, 0.15) is 15.6 Å². The van der Waals surface area contributed by atoms with Crippen molar-refractivity contribution >= 4 is 27.2 Å². The first-order valence-electron chi connectivity index (χ1n) is 6.72. The van der Waals surface area contributed by atoms with E-state index in [2.05, 4.69) is 9.88 Å². The van der Waals surface area contributed by atoms with Gasteiger partial charge in [0.25, 0.3) is 0 Å². The van der Waals surface area contributed by atoms with Crippen LogP contribution in [0.15, 0.2) is 23.2 Å². The highest BCUT2D eigenvalue weighted by Gasteiger charge is 2.29. The van der Waals surface area contributed by atoms with Gasteiger partial charge in [0.05, 0.1) is 0 Å². The van der Waals surface area contributed by atoms with Crippen LogP contribution in [0.4, 0.5) is 0 Å². The van der Waals surface area contributed by atoms with Crippen molar-refractivity contribution < 1.29 is 8.42 Å². The van der Waals surface area contributed by atoms with E-state index in [1.165, 1.54) is 16.6 Å². The summed E-state index contributed by atoms with van der Waals surface area (Å²) in [4.78, 5) is 6.26. The summed E-state index contributed by atoms with van der Waals surface area (Å²) in [6, 6.07) is 3.07. The number of thiocarbonyl (C=S) groups is 1. The van der Waals surface area contributed by atoms with E-state index in [9.17, 15) is 8.42 Å². The van der Waals surface area contributed by atoms with Gasteiger partial charge in [0.15, 0.2) is 0 Å². The Hall–Kier alpha value is -1.09. The lowest BCUT2D eigenvalue weighted by Crippen LogP contribution is -2.34. The molecule has 0 aliphatic carbocycles. The lowest BCUT2D eigenvalue weighted by atomic mass is 10.1. The first-order valence-corrected chi connectivity index (χ1v) is 8.57. The van der Waals surface area contributed by atoms with Gasteiger partial charge in [0.2, 0.25) is 10.0 Å². The quantitative estimate of drug-likeness (QED) is 0.783. The van der Waals surface area contributed by atoms with Gasteiger partial charge in [-0.25, -0.2) is 12.7 Å². The van der Waals surface area contributed by atoms with Crippen LogP contribution in [-0.4, -0.2) is 61.3 Å². The fraction of sp³-hybridized carbons (Fsp3) is 0.538. The minimum atomic E-state index is -3.63. The van der Waals surface area contributed by atoms with E-state index < -0.39 is 10.0 Å². The smallest absolute Gasteiger partial charge is 0.245 e. The molecule has 0 spiro atoms. The Labute approximate surface area is 131 Å². The Kier molecular flexibility index (Phi) is 4.92. The van der Waals surface area contributed by atoms with E-state index in [0.717, 1.165) is 19.5 Å². The van der Waals surface area contributed by atoms with Crippen LogP contribution in [0.3, 0.4) is 0 Å². The van der Waals surface area contributed by atoms with E-state index in [1.807, 2.05) is 7.05 Å². The minimum absolute atomic E-state index is 0.0109. The van der Waals surface area contributed by atoms with Crippen LogP contribution in [-0.2, 0) is 10.0 Å². The third-order valence-electron chi connectivity index (χ3n) is 3.70. The molecular weight excluding hydrogens is 308 g/mol. The van der Waals surface area contributed by atoms with Gasteiger partial charge >= 0.3 is 0 Å². The molecule has 0 radical (unpaired) electrons. The van der Waals surface area contributed by atoms with Gasteiger partial charge in [-0.3, -0.25) is 4.98 Å². The fourth-order valence-corrected chi connectivity index (χ4v) is 4.22. The summed E-state index contributed by atoms with van der Waals surface area (Å²) in [5.74, 6) is 0.347. The molecule has 116 valence electrons. The van der Waals surface area contributed by atoms with Crippen LogP contribution in [0.25, 0.3) is 0 Å². The molecule has 1 atom stereocenters. The van der Waals surface area contributed by atoms with Crippen LogP contribution in [0.2, 0.25) is 0 Å². The predicted octanol–water partition coefficient (Wildman–Crippen LogP) is 0.288. The molecule has 6 nitrogen and oxygen atoms in total. The zero-order valence-electron chi connectivity index (χ0n) is 12.2. The lowest BCUT2D eigenvalue weighted by Gasteiger charge is -2.21. The molecule has 21 heavy (non-hydrogen) atoms. The number of hydrogen-bond donors (Lipinski definition) is 1. The summed E-state index contributed by atoms with van der Waals surface area (Å²) in [7, 11) is -0.00525. The Balaban J connectivity index is 2.23. The lowest BCUT2D eigenvalue weighted by molar-refractivity contribution is 0.356. The number of sulfonamides is 1. The van der Waals surface area contributed by atoms with Gasteiger partial charge < -0.3 is 10.6 Å². The van der Waals surface area contributed by atoms with Gasteiger partial charge in [-0.05, 0) is 38.1 Å². The van der Waals surface area contributed by atoms with Crippen molar-refractivity contribution in [3.8, 4) is 0 Å². The molecule has 1 aliphatic heterocycles. The van der Waals surface area contributed by atoms with Crippen molar-refractivity contribution in [1.29, 1.82) is 0 Å². The molecule has 2 N–H and O–H groups in total. The van der Waals surface area contributed by atoms with Crippen molar-refractivity contribution in [3.05, 3.63) is 24.0 Å². The second-order valence-corrected chi connectivity index (χ2v) is 7.87. The molecule has 1 aromatic heterocycles. The van der Waals surface area contributed by atoms with Gasteiger partial charge in [0, 0.05) is 26.3 Å². The number of nitrogens with two attached hydrogens (primary N) is 1. The number of likely N-dealkylation sites (tertiary alicyclic amines) is 1. The van der Waals surface area contributed by atoms with Gasteiger partial charge in [-0.1, -0.05) is 12.2 Å². The molecule has 0 saturated carbocycles. The number of rotatable bonds is 5. The molecular formula is C13H20N4O2S2. The van der Waals surface area contributed by atoms with E-state index >= 15 is 0 Å². The Bertz CT molecular complexity index is 633. The first-order chi connectivity index (χ1) is 9.82. The van der Waals surface area contributed by atoms with Crippen LogP contribution < -0.4 is 5.73 Å².